The maximum Gasteiger partial charge on any atom is 0.410 e. The van der Waals surface area contributed by atoms with Crippen LogP contribution in [0.25, 0.3) is 11.1 Å². The van der Waals surface area contributed by atoms with Gasteiger partial charge < -0.3 is 15.4 Å². The Morgan fingerprint density at radius 1 is 1.38 bits per heavy atom. The van der Waals surface area contributed by atoms with Crippen molar-refractivity contribution in [2.75, 3.05) is 18.8 Å². The van der Waals surface area contributed by atoms with Crippen molar-refractivity contribution >= 4 is 23.4 Å². The zero-order chi connectivity index (χ0) is 17.5. The molecule has 7 heteroatoms. The second-order valence-electron chi connectivity index (χ2n) is 6.99. The number of nitrogen functional groups attached to an aromatic ring is 1. The van der Waals surface area contributed by atoms with Crippen LogP contribution < -0.4 is 5.73 Å². The van der Waals surface area contributed by atoms with E-state index < -0.39 is 5.60 Å². The number of aromatic nitrogens is 2. The van der Waals surface area contributed by atoms with E-state index in [-0.39, 0.29) is 12.1 Å². The minimum Gasteiger partial charge on any atom is -0.444 e. The van der Waals surface area contributed by atoms with Crippen LogP contribution in [0.4, 0.5) is 10.5 Å². The standard InChI is InChI=1S/C17H21ClN4O2/c1-17(2,3)24-16(23)21-9-13(10-21)22-8-11(7-20-22)14-6-12(19)4-5-15(14)18/h4-8,13H,9-10,19H2,1-3H3. The normalized spacial score (nSPS) is 15.2. The summed E-state index contributed by atoms with van der Waals surface area (Å²) in [6.45, 7) is 6.74. The fourth-order valence-electron chi connectivity index (χ4n) is 2.54. The third kappa shape index (κ3) is 3.48. The minimum absolute atomic E-state index is 0.145. The van der Waals surface area contributed by atoms with Gasteiger partial charge in [0.25, 0.3) is 0 Å². The fourth-order valence-corrected chi connectivity index (χ4v) is 2.77. The summed E-state index contributed by atoms with van der Waals surface area (Å²) in [4.78, 5) is 13.6. The summed E-state index contributed by atoms with van der Waals surface area (Å²) in [5.74, 6) is 0. The quantitative estimate of drug-likeness (QED) is 0.842. The second kappa shape index (κ2) is 6.02. The van der Waals surface area contributed by atoms with Gasteiger partial charge in [-0.25, -0.2) is 4.79 Å². The van der Waals surface area contributed by atoms with E-state index in [0.717, 1.165) is 11.1 Å². The molecule has 0 radical (unpaired) electrons. The van der Waals surface area contributed by atoms with Crippen LogP contribution in [0.2, 0.25) is 5.02 Å². The van der Waals surface area contributed by atoms with Gasteiger partial charge in [-0.3, -0.25) is 4.68 Å². The van der Waals surface area contributed by atoms with Crippen molar-refractivity contribution in [1.82, 2.24) is 14.7 Å². The molecule has 1 aliphatic heterocycles. The Morgan fingerprint density at radius 2 is 2.08 bits per heavy atom. The van der Waals surface area contributed by atoms with Crippen LogP contribution in [0.5, 0.6) is 0 Å². The minimum atomic E-state index is -0.481. The largest absolute Gasteiger partial charge is 0.444 e. The van der Waals surface area contributed by atoms with Gasteiger partial charge in [-0.1, -0.05) is 11.6 Å². The van der Waals surface area contributed by atoms with Gasteiger partial charge in [0.1, 0.15) is 5.60 Å². The molecule has 3 rings (SSSR count). The van der Waals surface area contributed by atoms with Gasteiger partial charge in [-0.2, -0.15) is 5.10 Å². The van der Waals surface area contributed by atoms with Crippen LogP contribution in [-0.2, 0) is 4.74 Å². The highest BCUT2D eigenvalue weighted by Crippen LogP contribution is 2.31. The number of anilines is 1. The molecule has 0 unspecified atom stereocenters. The molecule has 0 spiro atoms. The van der Waals surface area contributed by atoms with Gasteiger partial charge in [0.05, 0.1) is 12.2 Å². The molecule has 0 saturated carbocycles. The zero-order valence-corrected chi connectivity index (χ0v) is 14.7. The first-order chi connectivity index (χ1) is 11.2. The lowest BCUT2D eigenvalue weighted by Crippen LogP contribution is -2.52. The van der Waals surface area contributed by atoms with Crippen LogP contribution in [-0.4, -0.2) is 39.5 Å². The number of nitrogens with zero attached hydrogens (tertiary/aromatic N) is 3. The first-order valence-electron chi connectivity index (χ1n) is 7.80. The molecule has 1 aliphatic rings. The topological polar surface area (TPSA) is 73.4 Å². The Bertz CT molecular complexity index is 760. The number of benzene rings is 1. The Labute approximate surface area is 146 Å². The van der Waals surface area contributed by atoms with Crippen molar-refractivity contribution in [3.05, 3.63) is 35.6 Å². The van der Waals surface area contributed by atoms with E-state index in [1.54, 1.807) is 23.2 Å². The third-order valence-corrected chi connectivity index (χ3v) is 4.12. The monoisotopic (exact) mass is 348 g/mol. The molecule has 0 aliphatic carbocycles. The Hall–Kier alpha value is -2.21. The van der Waals surface area contributed by atoms with Crippen LogP contribution in [0.3, 0.4) is 0 Å². The van der Waals surface area contributed by atoms with Crippen molar-refractivity contribution < 1.29 is 9.53 Å². The third-order valence-electron chi connectivity index (χ3n) is 3.79. The first-order valence-corrected chi connectivity index (χ1v) is 8.18. The number of carbonyl (C=O) groups is 1. The number of hydrogen-bond acceptors (Lipinski definition) is 4. The molecule has 2 heterocycles. The highest BCUT2D eigenvalue weighted by Gasteiger charge is 2.35. The number of likely N-dealkylation sites (tertiary alicyclic amines) is 1. The van der Waals surface area contributed by atoms with Crippen LogP contribution in [0, 0.1) is 0 Å². The Morgan fingerprint density at radius 3 is 2.75 bits per heavy atom. The molecule has 6 nitrogen and oxygen atoms in total. The molecule has 1 fully saturated rings. The molecule has 2 N–H and O–H groups in total. The van der Waals surface area contributed by atoms with Gasteiger partial charge >= 0.3 is 6.09 Å². The van der Waals surface area contributed by atoms with Crippen molar-refractivity contribution in [3.63, 3.8) is 0 Å². The molecule has 1 aromatic heterocycles. The number of carbonyl (C=O) groups excluding carboxylic acids is 1. The van der Waals surface area contributed by atoms with E-state index in [2.05, 4.69) is 5.10 Å². The molecule has 2 aromatic rings. The lowest BCUT2D eigenvalue weighted by Gasteiger charge is -2.39. The van der Waals surface area contributed by atoms with Crippen molar-refractivity contribution in [3.8, 4) is 11.1 Å². The lowest BCUT2D eigenvalue weighted by molar-refractivity contribution is -0.000380. The molecule has 1 amide bonds. The highest BCUT2D eigenvalue weighted by atomic mass is 35.5. The molecule has 0 bridgehead atoms. The summed E-state index contributed by atoms with van der Waals surface area (Å²) in [6.07, 6.45) is 3.40. The van der Waals surface area contributed by atoms with Gasteiger partial charge in [0.15, 0.2) is 0 Å². The number of hydrogen-bond donors (Lipinski definition) is 1. The van der Waals surface area contributed by atoms with Gasteiger partial charge in [0.2, 0.25) is 0 Å². The smallest absolute Gasteiger partial charge is 0.410 e. The molecule has 1 aromatic carbocycles. The fraction of sp³-hybridized carbons (Fsp3) is 0.412. The lowest BCUT2D eigenvalue weighted by atomic mass is 10.1. The maximum absolute atomic E-state index is 12.0. The summed E-state index contributed by atoms with van der Waals surface area (Å²) >= 11 is 6.23. The molecular formula is C17H21ClN4O2. The van der Waals surface area contributed by atoms with Crippen molar-refractivity contribution in [2.24, 2.45) is 0 Å². The SMILES string of the molecule is CC(C)(C)OC(=O)N1CC(n2cc(-c3cc(N)ccc3Cl)cn2)C1. The highest BCUT2D eigenvalue weighted by molar-refractivity contribution is 6.33. The number of ether oxygens (including phenoxy) is 1. The molecule has 24 heavy (non-hydrogen) atoms. The van der Waals surface area contributed by atoms with E-state index in [1.807, 2.05) is 37.7 Å². The number of amides is 1. The van der Waals surface area contributed by atoms with Gasteiger partial charge in [-0.15, -0.1) is 0 Å². The molecule has 0 atom stereocenters. The van der Waals surface area contributed by atoms with Gasteiger partial charge in [0, 0.05) is 41.1 Å². The second-order valence-corrected chi connectivity index (χ2v) is 7.39. The molecular weight excluding hydrogens is 328 g/mol. The van der Waals surface area contributed by atoms with Crippen LogP contribution in [0.15, 0.2) is 30.6 Å². The van der Waals surface area contributed by atoms with E-state index >= 15 is 0 Å². The number of halogens is 1. The van der Waals surface area contributed by atoms with Crippen LogP contribution >= 0.6 is 11.6 Å². The van der Waals surface area contributed by atoms with Gasteiger partial charge in [-0.05, 0) is 39.0 Å². The molecule has 1 saturated heterocycles. The summed E-state index contributed by atoms with van der Waals surface area (Å²) < 4.78 is 7.21. The van der Waals surface area contributed by atoms with E-state index in [1.165, 1.54) is 0 Å². The van der Waals surface area contributed by atoms with Crippen molar-refractivity contribution in [1.29, 1.82) is 0 Å². The molecule has 128 valence electrons. The zero-order valence-electron chi connectivity index (χ0n) is 14.0. The van der Waals surface area contributed by atoms with E-state index in [4.69, 9.17) is 22.1 Å². The maximum atomic E-state index is 12.0. The number of rotatable bonds is 2. The van der Waals surface area contributed by atoms with Crippen LogP contribution in [0.1, 0.15) is 26.8 Å². The van der Waals surface area contributed by atoms with Crippen molar-refractivity contribution in [2.45, 2.75) is 32.4 Å². The van der Waals surface area contributed by atoms with E-state index in [9.17, 15) is 4.79 Å². The first kappa shape index (κ1) is 16.6. The predicted octanol–water partition coefficient (Wildman–Crippen LogP) is 3.58. The average Bonchev–Trinajstić information content (AvgIpc) is 2.87. The summed E-state index contributed by atoms with van der Waals surface area (Å²) in [5.41, 5.74) is 7.76. The summed E-state index contributed by atoms with van der Waals surface area (Å²) in [5, 5.41) is 5.02. The summed E-state index contributed by atoms with van der Waals surface area (Å²) in [7, 11) is 0. The Kier molecular flexibility index (Phi) is 4.17. The predicted molar refractivity (Wildman–Crippen MR) is 93.9 cm³/mol. The van der Waals surface area contributed by atoms with E-state index in [0.29, 0.717) is 23.8 Å². The Balaban J connectivity index is 1.66. The average molecular weight is 349 g/mol. The summed E-state index contributed by atoms with van der Waals surface area (Å²) in [6, 6.07) is 5.52. The number of nitrogens with two attached hydrogens (primary N) is 1.